The fraction of sp³-hybridized carbons (Fsp3) is 0.444. The zero-order valence-corrected chi connectivity index (χ0v) is 20.1. The third-order valence-corrected chi connectivity index (χ3v) is 6.23. The van der Waals surface area contributed by atoms with E-state index in [0.29, 0.717) is 0 Å². The minimum Gasteiger partial charge on any atom is -1.00 e. The fourth-order valence-electron chi connectivity index (χ4n) is 3.02. The van der Waals surface area contributed by atoms with Gasteiger partial charge < -0.3 is 24.8 Å². The minimum atomic E-state index is -1.03. The average Bonchev–Trinajstić information content (AvgIpc) is 2.96. The number of hydrogen-bond donors (Lipinski definition) is 0. The van der Waals surface area contributed by atoms with Crippen molar-refractivity contribution in [2.24, 2.45) is 5.92 Å². The molecule has 2 aliphatic carbocycles. The van der Waals surface area contributed by atoms with E-state index in [-0.39, 0.29) is 50.7 Å². The normalized spacial score (nSPS) is 18.2. The molecule has 0 saturated heterocycles. The van der Waals surface area contributed by atoms with Crippen molar-refractivity contribution >= 4 is 13.3 Å². The van der Waals surface area contributed by atoms with Gasteiger partial charge in [0.25, 0.3) is 0 Å². The summed E-state index contributed by atoms with van der Waals surface area (Å²) >= 11 is 0. The van der Waals surface area contributed by atoms with E-state index in [2.05, 4.69) is 69.4 Å². The first-order valence-corrected chi connectivity index (χ1v) is 10.9. The van der Waals surface area contributed by atoms with Crippen molar-refractivity contribution in [1.82, 2.24) is 0 Å². The number of hydrogen-bond acceptors (Lipinski definition) is 0. The fourth-order valence-corrected chi connectivity index (χ4v) is 4.88. The van der Waals surface area contributed by atoms with E-state index in [1.54, 1.807) is 10.8 Å². The SMILES string of the molecule is C1=CCC2CC[CH-]C2=C1.C[c-]1cccc1[Si](C)(C)C.[Cl-].[Cl-].[Hf+4]. The third-order valence-electron chi connectivity index (χ3n) is 4.05. The zero-order chi connectivity index (χ0) is 13.9. The summed E-state index contributed by atoms with van der Waals surface area (Å²) in [6, 6.07) is 6.62. The Kier molecular flexibility index (Phi) is 12.3. The summed E-state index contributed by atoms with van der Waals surface area (Å²) in [6.07, 6.45) is 13.0. The second-order valence-corrected chi connectivity index (χ2v) is 11.7. The molecule has 3 rings (SSSR count). The first-order chi connectivity index (χ1) is 8.98. The second-order valence-electron chi connectivity index (χ2n) is 6.68. The Hall–Kier alpha value is 0.367. The molecule has 1 aromatic carbocycles. The first-order valence-electron chi connectivity index (χ1n) is 7.41. The predicted molar refractivity (Wildman–Crippen MR) is 88.6 cm³/mol. The Labute approximate surface area is 168 Å². The van der Waals surface area contributed by atoms with Crippen LogP contribution in [0.4, 0.5) is 0 Å². The van der Waals surface area contributed by atoms with Crippen molar-refractivity contribution in [2.45, 2.75) is 45.8 Å². The van der Waals surface area contributed by atoms with Crippen LogP contribution < -0.4 is 30.0 Å². The molecular formula is C18H26Cl2HfSi. The van der Waals surface area contributed by atoms with Crippen molar-refractivity contribution in [3.63, 3.8) is 0 Å². The number of aryl methyl sites for hydroxylation is 1. The monoisotopic (exact) mass is 520 g/mol. The molecule has 0 heterocycles. The van der Waals surface area contributed by atoms with Gasteiger partial charge in [0.15, 0.2) is 0 Å². The summed E-state index contributed by atoms with van der Waals surface area (Å²) < 4.78 is 0. The van der Waals surface area contributed by atoms with E-state index < -0.39 is 8.07 Å². The van der Waals surface area contributed by atoms with E-state index in [1.807, 2.05) is 0 Å². The van der Waals surface area contributed by atoms with E-state index in [0.717, 1.165) is 5.92 Å². The third kappa shape index (κ3) is 6.86. The van der Waals surface area contributed by atoms with Crippen LogP contribution in [0.5, 0.6) is 0 Å². The molecular weight excluding hydrogens is 494 g/mol. The maximum atomic E-state index is 2.38. The zero-order valence-electron chi connectivity index (χ0n) is 14.0. The molecule has 0 spiro atoms. The van der Waals surface area contributed by atoms with Crippen LogP contribution >= 0.6 is 0 Å². The molecule has 0 radical (unpaired) electrons. The van der Waals surface area contributed by atoms with Crippen LogP contribution in [-0.4, -0.2) is 8.07 Å². The Morgan fingerprint density at radius 2 is 1.91 bits per heavy atom. The van der Waals surface area contributed by atoms with Gasteiger partial charge in [0, 0.05) is 0 Å². The topological polar surface area (TPSA) is 0 Å². The van der Waals surface area contributed by atoms with Crippen molar-refractivity contribution < 1.29 is 50.7 Å². The molecule has 120 valence electrons. The van der Waals surface area contributed by atoms with Crippen molar-refractivity contribution in [2.75, 3.05) is 0 Å². The van der Waals surface area contributed by atoms with E-state index >= 15 is 0 Å². The Morgan fingerprint density at radius 3 is 2.36 bits per heavy atom. The molecule has 1 saturated carbocycles. The molecule has 1 aromatic rings. The van der Waals surface area contributed by atoms with Gasteiger partial charge in [-0.15, -0.1) is 18.6 Å². The number of fused-ring (bicyclic) bond motifs is 1. The van der Waals surface area contributed by atoms with Crippen molar-refractivity contribution in [3.8, 4) is 0 Å². The standard InChI is InChI=1S/C9H15Si.C9H11.2ClH.Hf/c1-8-6-5-7-9(8)10(2,3)4;1-2-5-9-7-3-6-8(9)4-1;;;/h5-7H,1-4H3;1-2,4,6,9H,3,5,7H2;2*1H;/q2*-1;;;+4/p-2. The van der Waals surface area contributed by atoms with Crippen LogP contribution in [0.1, 0.15) is 24.8 Å². The van der Waals surface area contributed by atoms with Gasteiger partial charge >= 0.3 is 25.8 Å². The minimum absolute atomic E-state index is 0. The van der Waals surface area contributed by atoms with Gasteiger partial charge in [-0.2, -0.15) is 16.8 Å². The molecule has 0 aromatic heterocycles. The number of halogens is 2. The summed E-state index contributed by atoms with van der Waals surface area (Å²) in [5.74, 6) is 0.884. The van der Waals surface area contributed by atoms with Gasteiger partial charge in [0.05, 0.1) is 8.07 Å². The molecule has 0 N–H and O–H groups in total. The Bertz CT molecular complexity index is 484. The van der Waals surface area contributed by atoms with E-state index in [4.69, 9.17) is 0 Å². The van der Waals surface area contributed by atoms with Crippen LogP contribution in [0.3, 0.4) is 0 Å². The van der Waals surface area contributed by atoms with Gasteiger partial charge in [-0.05, 0) is 12.3 Å². The van der Waals surface area contributed by atoms with Gasteiger partial charge in [0.1, 0.15) is 0 Å². The van der Waals surface area contributed by atoms with Crippen LogP contribution in [0.15, 0.2) is 42.0 Å². The quantitative estimate of drug-likeness (QED) is 0.322. The summed E-state index contributed by atoms with van der Waals surface area (Å²) in [5.41, 5.74) is 3.05. The summed E-state index contributed by atoms with van der Waals surface area (Å²) in [5, 5.41) is 1.60. The van der Waals surface area contributed by atoms with Crippen molar-refractivity contribution in [1.29, 1.82) is 0 Å². The Balaban J connectivity index is 0. The molecule has 4 heteroatoms. The van der Waals surface area contributed by atoms with Gasteiger partial charge in [0.2, 0.25) is 0 Å². The molecule has 1 atom stereocenters. The van der Waals surface area contributed by atoms with Crippen LogP contribution in [0, 0.1) is 19.3 Å². The molecule has 1 unspecified atom stereocenters. The summed E-state index contributed by atoms with van der Waals surface area (Å²) in [4.78, 5) is 0. The Morgan fingerprint density at radius 1 is 1.23 bits per heavy atom. The predicted octanol–water partition coefficient (Wildman–Crippen LogP) is -1.25. The van der Waals surface area contributed by atoms with Crippen molar-refractivity contribution in [3.05, 3.63) is 54.0 Å². The average molecular weight is 520 g/mol. The molecule has 1 fully saturated rings. The first kappa shape index (κ1) is 24.6. The maximum Gasteiger partial charge on any atom is 4.00 e. The van der Waals surface area contributed by atoms with Crippen LogP contribution in [-0.2, 0) is 25.8 Å². The second kappa shape index (κ2) is 11.0. The van der Waals surface area contributed by atoms with E-state index in [9.17, 15) is 0 Å². The molecule has 0 amide bonds. The molecule has 22 heavy (non-hydrogen) atoms. The molecule has 0 aliphatic heterocycles. The van der Waals surface area contributed by atoms with Crippen LogP contribution in [0.25, 0.3) is 0 Å². The van der Waals surface area contributed by atoms with Gasteiger partial charge in [-0.3, -0.25) is 0 Å². The largest absolute Gasteiger partial charge is 4.00 e. The van der Waals surface area contributed by atoms with Gasteiger partial charge in [-0.25, -0.2) is 30.2 Å². The number of rotatable bonds is 1. The summed E-state index contributed by atoms with van der Waals surface area (Å²) in [6.45, 7) is 9.35. The molecule has 0 nitrogen and oxygen atoms in total. The van der Waals surface area contributed by atoms with E-state index in [1.165, 1.54) is 24.8 Å². The maximum absolute atomic E-state index is 2.38. The molecule has 0 bridgehead atoms. The smallest absolute Gasteiger partial charge is 1.00 e. The van der Waals surface area contributed by atoms with Crippen LogP contribution in [0.2, 0.25) is 19.6 Å². The molecule has 2 aliphatic rings. The number of allylic oxidation sites excluding steroid dienone is 4. The van der Waals surface area contributed by atoms with Gasteiger partial charge in [-0.1, -0.05) is 33.0 Å². The summed E-state index contributed by atoms with van der Waals surface area (Å²) in [7, 11) is -1.03.